The van der Waals surface area contributed by atoms with Gasteiger partial charge < -0.3 is 0 Å². The van der Waals surface area contributed by atoms with Gasteiger partial charge in [-0.1, -0.05) is 0 Å². The Balaban J connectivity index is 0.00000266. The summed E-state index contributed by atoms with van der Waals surface area (Å²) < 4.78 is 8.87. The molecule has 0 radical (unpaired) electrons. The van der Waals surface area contributed by atoms with Crippen LogP contribution in [0.15, 0.2) is 103 Å². The van der Waals surface area contributed by atoms with Crippen molar-refractivity contribution in [1.82, 2.24) is 0 Å². The van der Waals surface area contributed by atoms with Crippen molar-refractivity contribution >= 4 is 66.6 Å². The third-order valence-electron chi connectivity index (χ3n) is 13.0. The summed E-state index contributed by atoms with van der Waals surface area (Å²) in [5, 5.41) is 1.54. The van der Waals surface area contributed by atoms with E-state index in [0.717, 1.165) is 22.9 Å². The molecule has 0 aromatic heterocycles. The van der Waals surface area contributed by atoms with Crippen LogP contribution in [-0.4, -0.2) is 7.42 Å². The Morgan fingerprint density at radius 2 is 1.23 bits per heavy atom. The van der Waals surface area contributed by atoms with Crippen molar-refractivity contribution in [3.8, 4) is 11.1 Å². The molecule has 4 aromatic carbocycles. The molecule has 0 fully saturated rings. The van der Waals surface area contributed by atoms with Crippen molar-refractivity contribution in [2.75, 3.05) is 0 Å². The van der Waals surface area contributed by atoms with E-state index in [0.29, 0.717) is 5.92 Å². The number of benzene rings is 4. The zero-order valence-corrected chi connectivity index (χ0v) is 40.4. The van der Waals surface area contributed by atoms with Crippen molar-refractivity contribution < 1.29 is 19.3 Å². The number of rotatable bonds is 5. The van der Waals surface area contributed by atoms with E-state index in [1.54, 1.807) is 12.1 Å². The molecule has 1 atom stereocenters. The van der Waals surface area contributed by atoms with Crippen LogP contribution < -0.4 is 0 Å². The largest absolute Gasteiger partial charge is 0.147 e. The van der Waals surface area contributed by atoms with E-state index in [9.17, 15) is 0 Å². The van der Waals surface area contributed by atoms with Crippen LogP contribution >= 0.6 is 48.0 Å². The molecule has 0 heterocycles. The zero-order chi connectivity index (χ0) is 38.7. The van der Waals surface area contributed by atoms with Gasteiger partial charge in [0.05, 0.1) is 0 Å². The standard InChI is InChI=1S/C25H25.C12H19.2C7H5Cl.2ClH.Zr/c1-14-12-24(3,4)22-8-16-7-17-9-23-19(15(2)13-25(23,5)6)11-21(17)20(16)10-18(14)22;1-6-10-7-9(2)8-11(10)12(3,4)5;2*1-6-2-4-7(8)5-3-6;;;/h8-12H,7H2,1-6H3;8-9H,6H2,1-5H3;2*1-5H;2*1H;. The summed E-state index contributed by atoms with van der Waals surface area (Å²) in [5.74, 6) is 0.330. The van der Waals surface area contributed by atoms with Crippen LogP contribution in [0.25, 0.3) is 22.3 Å². The maximum absolute atomic E-state index is 6.54. The second-order valence-electron chi connectivity index (χ2n) is 18.6. The SMILES string of the molecule is CCC1=[C]([Zr](=[CH]c2ccc(Cl)cc2)(=[CH]c2ccc(Cl)cc2)[C]2=C(C)c3cc4c(cc3C2(C)C)Cc2cc3c(cc2-4)C(C)=CC3(C)C)C(C)C=C1C(C)(C)C.Cl.Cl. The molecule has 0 spiro atoms. The molecule has 0 aliphatic heterocycles. The van der Waals surface area contributed by atoms with Crippen molar-refractivity contribution in [1.29, 1.82) is 0 Å². The number of allylic oxidation sites excluding steroid dienone is 8. The monoisotopic (exact) mass is 898 g/mol. The van der Waals surface area contributed by atoms with E-state index >= 15 is 0 Å². The first-order valence-electron chi connectivity index (χ1n) is 19.8. The fourth-order valence-corrected chi connectivity index (χ4v) is 25.8. The van der Waals surface area contributed by atoms with Crippen LogP contribution in [0.3, 0.4) is 0 Å². The Bertz CT molecular complexity index is 2480. The fraction of sp³-hybridized carbons (Fsp3) is 0.333. The molecule has 0 amide bonds. The summed E-state index contributed by atoms with van der Waals surface area (Å²) in [7, 11) is 0. The molecular weight excluding hydrogens is 846 g/mol. The number of halogens is 4. The van der Waals surface area contributed by atoms with Gasteiger partial charge in [-0.2, -0.15) is 0 Å². The third-order valence-corrected chi connectivity index (χ3v) is 25.9. The zero-order valence-electron chi connectivity index (χ0n) is 34.8. The van der Waals surface area contributed by atoms with E-state index in [4.69, 9.17) is 23.2 Å². The molecule has 8 rings (SSSR count). The summed E-state index contributed by atoms with van der Waals surface area (Å²) in [6.07, 6.45) is 7.07. The average Bonchev–Trinajstić information content (AvgIpc) is 3.77. The number of hydrogen-bond donors (Lipinski definition) is 0. The van der Waals surface area contributed by atoms with E-state index < -0.39 is 19.3 Å². The van der Waals surface area contributed by atoms with E-state index in [1.807, 2.05) is 0 Å². The summed E-state index contributed by atoms with van der Waals surface area (Å²) >= 11 is 9.00. The Labute approximate surface area is 362 Å². The summed E-state index contributed by atoms with van der Waals surface area (Å²) in [6.45, 7) is 26.5. The van der Waals surface area contributed by atoms with Crippen LogP contribution in [0.4, 0.5) is 0 Å². The predicted octanol–water partition coefficient (Wildman–Crippen LogP) is 15.3. The first-order valence-corrected chi connectivity index (χ1v) is 25.9. The first kappa shape index (κ1) is 43.2. The molecule has 1 unspecified atom stereocenters. The maximum atomic E-state index is 6.54. The summed E-state index contributed by atoms with van der Waals surface area (Å²) in [6, 6.07) is 27.4. The molecule has 4 aliphatic rings. The van der Waals surface area contributed by atoms with Crippen LogP contribution in [0.5, 0.6) is 0 Å². The van der Waals surface area contributed by atoms with Crippen molar-refractivity contribution in [3.63, 3.8) is 0 Å². The Morgan fingerprint density at radius 3 is 1.73 bits per heavy atom. The Kier molecular flexibility index (Phi) is 11.6. The topological polar surface area (TPSA) is 0 Å². The molecule has 4 aliphatic carbocycles. The van der Waals surface area contributed by atoms with Gasteiger partial charge in [0.15, 0.2) is 0 Å². The molecule has 0 bridgehead atoms. The van der Waals surface area contributed by atoms with Gasteiger partial charge in [-0.3, -0.25) is 0 Å². The van der Waals surface area contributed by atoms with Gasteiger partial charge in [-0.15, -0.1) is 24.8 Å². The van der Waals surface area contributed by atoms with Crippen LogP contribution in [0.1, 0.15) is 127 Å². The van der Waals surface area contributed by atoms with E-state index in [2.05, 4.69) is 169 Å². The van der Waals surface area contributed by atoms with Gasteiger partial charge in [0.2, 0.25) is 0 Å². The Morgan fingerprint density at radius 1 is 0.732 bits per heavy atom. The molecular formula is C51H56Cl4Zr. The number of hydrogen-bond acceptors (Lipinski definition) is 0. The predicted molar refractivity (Wildman–Crippen MR) is 249 cm³/mol. The van der Waals surface area contributed by atoms with Gasteiger partial charge in [0, 0.05) is 0 Å². The van der Waals surface area contributed by atoms with E-state index in [-0.39, 0.29) is 41.1 Å². The quantitative estimate of drug-likeness (QED) is 0.165. The van der Waals surface area contributed by atoms with E-state index in [1.165, 1.54) is 72.4 Å². The van der Waals surface area contributed by atoms with Crippen molar-refractivity contribution in [2.45, 2.75) is 99.8 Å². The summed E-state index contributed by atoms with van der Waals surface area (Å²) in [4.78, 5) is 0. The maximum Gasteiger partial charge on any atom is -0.147 e. The fourth-order valence-electron chi connectivity index (χ4n) is 10.9. The van der Waals surface area contributed by atoms with Crippen LogP contribution in [0.2, 0.25) is 10.0 Å². The normalized spacial score (nSPS) is 18.4. The van der Waals surface area contributed by atoms with Gasteiger partial charge in [-0.05, 0) is 0 Å². The van der Waals surface area contributed by atoms with Gasteiger partial charge in [0.1, 0.15) is 0 Å². The second kappa shape index (κ2) is 15.0. The van der Waals surface area contributed by atoms with Crippen molar-refractivity contribution in [2.24, 2.45) is 11.3 Å². The molecule has 0 saturated carbocycles. The minimum Gasteiger partial charge on any atom is -0.147 e. The molecule has 4 aromatic rings. The number of fused-ring (bicyclic) bond motifs is 5. The smallest absolute Gasteiger partial charge is 0.147 e. The second-order valence-corrected chi connectivity index (χ2v) is 27.7. The minimum atomic E-state index is -4.08. The molecule has 0 nitrogen and oxygen atoms in total. The molecule has 292 valence electrons. The average molecular weight is 902 g/mol. The minimum absolute atomic E-state index is 0. The Hall–Kier alpha value is -2.38. The molecule has 56 heavy (non-hydrogen) atoms. The molecule has 5 heteroatoms. The molecule has 0 saturated heterocycles. The molecule has 0 N–H and O–H groups in total. The third kappa shape index (κ3) is 6.88. The first-order chi connectivity index (χ1) is 25.4. The van der Waals surface area contributed by atoms with Crippen LogP contribution in [-0.2, 0) is 36.5 Å². The van der Waals surface area contributed by atoms with Gasteiger partial charge >= 0.3 is 341 Å². The van der Waals surface area contributed by atoms with Gasteiger partial charge in [-0.25, -0.2) is 0 Å². The van der Waals surface area contributed by atoms with Crippen LogP contribution in [0, 0.1) is 11.3 Å². The summed E-state index contributed by atoms with van der Waals surface area (Å²) in [5.41, 5.74) is 20.0. The van der Waals surface area contributed by atoms with Crippen molar-refractivity contribution in [3.05, 3.63) is 157 Å². The van der Waals surface area contributed by atoms with Gasteiger partial charge in [0.25, 0.3) is 0 Å².